The van der Waals surface area contributed by atoms with Gasteiger partial charge in [0.1, 0.15) is 29.7 Å². The van der Waals surface area contributed by atoms with Crippen LogP contribution in [0.25, 0.3) is 17.0 Å². The molecule has 1 aromatic heterocycles. The van der Waals surface area contributed by atoms with Gasteiger partial charge >= 0.3 is 12.0 Å². The van der Waals surface area contributed by atoms with E-state index in [0.29, 0.717) is 54.6 Å². The molecule has 1 aliphatic carbocycles. The van der Waals surface area contributed by atoms with Gasteiger partial charge in [0, 0.05) is 42.6 Å². The fourth-order valence-corrected chi connectivity index (χ4v) is 7.13. The van der Waals surface area contributed by atoms with Gasteiger partial charge in [-0.1, -0.05) is 38.0 Å². The number of fused-ring (bicyclic) bond motifs is 1. The number of nitrogens with one attached hydrogen (secondary N) is 1. The Balaban J connectivity index is 1.39. The molecule has 12 heteroatoms. The topological polar surface area (TPSA) is 140 Å². The van der Waals surface area contributed by atoms with E-state index in [4.69, 9.17) is 18.9 Å². The number of benzene rings is 1. The van der Waals surface area contributed by atoms with E-state index in [-0.39, 0.29) is 31.0 Å². The smallest absolute Gasteiger partial charge is 0.326 e. The molecule has 1 saturated carbocycles. The molecule has 1 aromatic carbocycles. The van der Waals surface area contributed by atoms with Crippen molar-refractivity contribution in [3.63, 3.8) is 0 Å². The monoisotopic (exact) mass is 664 g/mol. The number of nitrogens with zero attached hydrogens (tertiary/aromatic N) is 3. The molecule has 3 amide bonds. The van der Waals surface area contributed by atoms with Crippen molar-refractivity contribution in [3.8, 4) is 17.4 Å². The maximum atomic E-state index is 14.4. The molecule has 0 spiro atoms. The molecular weight excluding hydrogens is 616 g/mol. The van der Waals surface area contributed by atoms with Crippen LogP contribution >= 0.6 is 0 Å². The molecule has 3 fully saturated rings. The number of urea groups is 1. The van der Waals surface area contributed by atoms with Gasteiger partial charge in [0.05, 0.1) is 38.5 Å². The van der Waals surface area contributed by atoms with E-state index >= 15 is 0 Å². The highest BCUT2D eigenvalue weighted by Gasteiger charge is 2.45. The van der Waals surface area contributed by atoms with E-state index in [1.54, 1.807) is 36.3 Å². The molecule has 0 bridgehead atoms. The molecule has 2 saturated heterocycles. The van der Waals surface area contributed by atoms with E-state index in [1.165, 1.54) is 4.90 Å². The molecule has 2 aromatic rings. The second kappa shape index (κ2) is 16.2. The van der Waals surface area contributed by atoms with Gasteiger partial charge in [-0.15, -0.1) is 6.58 Å². The largest absolute Gasteiger partial charge is 0.496 e. The normalized spacial score (nSPS) is 22.2. The number of rotatable bonds is 13. The van der Waals surface area contributed by atoms with Crippen LogP contribution in [-0.4, -0.2) is 102 Å². The Kier molecular flexibility index (Phi) is 11.8. The van der Waals surface area contributed by atoms with Gasteiger partial charge in [0.15, 0.2) is 0 Å². The lowest BCUT2D eigenvalue weighted by Crippen LogP contribution is -2.58. The fourth-order valence-electron chi connectivity index (χ4n) is 7.13. The van der Waals surface area contributed by atoms with E-state index in [9.17, 15) is 19.5 Å². The summed E-state index contributed by atoms with van der Waals surface area (Å²) in [7, 11) is 1.57. The average Bonchev–Trinajstić information content (AvgIpc) is 3.53. The molecule has 12 nitrogen and oxygen atoms in total. The van der Waals surface area contributed by atoms with Crippen LogP contribution in [0.3, 0.4) is 0 Å². The van der Waals surface area contributed by atoms with Gasteiger partial charge < -0.3 is 39.2 Å². The lowest BCUT2D eigenvalue weighted by atomic mass is 9.83. The Bertz CT molecular complexity index is 1490. The zero-order chi connectivity index (χ0) is 34.2. The molecule has 4 atom stereocenters. The van der Waals surface area contributed by atoms with E-state index < -0.39 is 30.1 Å². The minimum absolute atomic E-state index is 0.0499. The molecule has 3 heterocycles. The maximum Gasteiger partial charge on any atom is 0.326 e. The van der Waals surface area contributed by atoms with Crippen LogP contribution in [0, 0.1) is 5.92 Å². The molecule has 260 valence electrons. The number of carbonyl (C=O) groups excluding carboxylic acids is 2. The van der Waals surface area contributed by atoms with Crippen molar-refractivity contribution in [2.75, 3.05) is 40.0 Å². The third kappa shape index (κ3) is 8.03. The average molecular weight is 665 g/mol. The summed E-state index contributed by atoms with van der Waals surface area (Å²) in [6.07, 6.45) is 8.89. The number of amides is 3. The third-order valence-electron chi connectivity index (χ3n) is 9.52. The van der Waals surface area contributed by atoms with Crippen molar-refractivity contribution in [2.24, 2.45) is 5.92 Å². The first kappa shape index (κ1) is 35.0. The summed E-state index contributed by atoms with van der Waals surface area (Å²) in [4.78, 5) is 48.2. The number of carbonyl (C=O) groups is 3. The maximum absolute atomic E-state index is 14.4. The molecule has 2 aliphatic heterocycles. The number of piperidine rings is 1. The Labute approximate surface area is 282 Å². The van der Waals surface area contributed by atoms with Crippen molar-refractivity contribution >= 4 is 34.9 Å². The minimum Gasteiger partial charge on any atom is -0.496 e. The zero-order valence-corrected chi connectivity index (χ0v) is 28.0. The Morgan fingerprint density at radius 3 is 2.54 bits per heavy atom. The summed E-state index contributed by atoms with van der Waals surface area (Å²) in [5.41, 5.74) is 1.32. The fraction of sp³-hybridized carbons (Fsp3) is 0.556. The summed E-state index contributed by atoms with van der Waals surface area (Å²) in [5.74, 6) is -0.203. The predicted octanol–water partition coefficient (Wildman–Crippen LogP) is 5.04. The zero-order valence-electron chi connectivity index (χ0n) is 28.0. The van der Waals surface area contributed by atoms with Gasteiger partial charge in [-0.2, -0.15) is 0 Å². The lowest BCUT2D eigenvalue weighted by Gasteiger charge is -2.37. The first-order valence-corrected chi connectivity index (χ1v) is 17.0. The number of carboxylic acids is 1. The van der Waals surface area contributed by atoms with Gasteiger partial charge in [0.25, 0.3) is 0 Å². The SMILES string of the molecule is C=CCO[C@H]1CCCN(C(=O)NC(C(=O)N2C[C@H](Oc3cc(OCC)nc4cc(OC)c(C=C)cc34)C[C@H]2C(=O)O)C2CCCCC2)C1. The number of likely N-dealkylation sites (tertiary alicyclic amines) is 2. The minimum atomic E-state index is -1.12. The Hall–Kier alpha value is -4.32. The number of methoxy groups -OCH3 is 1. The molecule has 2 N–H and O–H groups in total. The van der Waals surface area contributed by atoms with Crippen LogP contribution in [0.1, 0.15) is 63.9 Å². The van der Waals surface area contributed by atoms with Crippen molar-refractivity contribution in [1.29, 1.82) is 0 Å². The van der Waals surface area contributed by atoms with Gasteiger partial charge in [-0.25, -0.2) is 14.6 Å². The summed E-state index contributed by atoms with van der Waals surface area (Å²) in [5, 5.41) is 14.0. The summed E-state index contributed by atoms with van der Waals surface area (Å²) >= 11 is 0. The quantitative estimate of drug-likeness (QED) is 0.282. The number of ether oxygens (including phenoxy) is 4. The molecule has 48 heavy (non-hydrogen) atoms. The van der Waals surface area contributed by atoms with Gasteiger partial charge in [0.2, 0.25) is 11.8 Å². The predicted molar refractivity (Wildman–Crippen MR) is 181 cm³/mol. The highest BCUT2D eigenvalue weighted by Crippen LogP contribution is 2.37. The van der Waals surface area contributed by atoms with Crippen LogP contribution in [0.5, 0.6) is 17.4 Å². The van der Waals surface area contributed by atoms with Gasteiger partial charge in [-0.3, -0.25) is 4.79 Å². The van der Waals surface area contributed by atoms with Crippen molar-refractivity contribution in [1.82, 2.24) is 20.1 Å². The van der Waals surface area contributed by atoms with E-state index in [0.717, 1.165) is 50.5 Å². The van der Waals surface area contributed by atoms with Crippen LogP contribution in [0.15, 0.2) is 37.4 Å². The third-order valence-corrected chi connectivity index (χ3v) is 9.52. The molecule has 3 aliphatic rings. The number of aliphatic carboxylic acids is 1. The van der Waals surface area contributed by atoms with Crippen LogP contribution in [-0.2, 0) is 14.3 Å². The van der Waals surface area contributed by atoms with Crippen LogP contribution in [0.4, 0.5) is 4.79 Å². The summed E-state index contributed by atoms with van der Waals surface area (Å²) in [6.45, 7) is 11.3. The summed E-state index contributed by atoms with van der Waals surface area (Å²) < 4.78 is 23.5. The number of pyridine rings is 1. The van der Waals surface area contributed by atoms with Gasteiger partial charge in [-0.05, 0) is 44.6 Å². The van der Waals surface area contributed by atoms with Crippen LogP contribution in [0.2, 0.25) is 0 Å². The molecular formula is C36H48N4O8. The Morgan fingerprint density at radius 1 is 1.06 bits per heavy atom. The van der Waals surface area contributed by atoms with Crippen molar-refractivity contribution in [3.05, 3.63) is 43.0 Å². The van der Waals surface area contributed by atoms with E-state index in [1.807, 2.05) is 13.0 Å². The number of carboxylic acid groups (broad SMARTS) is 1. The summed E-state index contributed by atoms with van der Waals surface area (Å²) in [6, 6.07) is 3.03. The first-order chi connectivity index (χ1) is 23.3. The molecule has 5 rings (SSSR count). The molecule has 0 radical (unpaired) electrons. The Morgan fingerprint density at radius 2 is 1.85 bits per heavy atom. The number of hydrogen-bond acceptors (Lipinski definition) is 8. The van der Waals surface area contributed by atoms with Crippen molar-refractivity contribution < 1.29 is 38.4 Å². The second-order valence-corrected chi connectivity index (χ2v) is 12.7. The number of hydrogen-bond donors (Lipinski definition) is 2. The number of aromatic nitrogens is 1. The van der Waals surface area contributed by atoms with E-state index in [2.05, 4.69) is 23.5 Å². The molecule has 1 unspecified atom stereocenters. The van der Waals surface area contributed by atoms with Crippen LogP contribution < -0.4 is 19.5 Å². The lowest BCUT2D eigenvalue weighted by molar-refractivity contribution is -0.149. The highest BCUT2D eigenvalue weighted by molar-refractivity contribution is 5.92. The second-order valence-electron chi connectivity index (χ2n) is 12.7. The first-order valence-electron chi connectivity index (χ1n) is 17.0. The van der Waals surface area contributed by atoms with Crippen molar-refractivity contribution in [2.45, 2.75) is 82.6 Å². The highest BCUT2D eigenvalue weighted by atomic mass is 16.5. The standard InChI is InChI=1S/C36H48N4O8/c1-5-16-47-25-14-11-15-39(21-25)36(44)38-33(24-12-9-8-10-13-24)34(41)40-22-26(18-29(40)35(42)43)48-31-20-32(46-7-3)37-28-19-30(45-4)23(6-2)17-27(28)31/h5-6,17,19-20,24-26,29,33H,1-2,7-16,18,21-22H2,3-4H3,(H,38,44)(H,42,43)/t25-,26+,29-,33?/m0/s1.